The Labute approximate surface area is 203 Å². The van der Waals surface area contributed by atoms with Gasteiger partial charge in [0, 0.05) is 46.5 Å². The van der Waals surface area contributed by atoms with Crippen molar-refractivity contribution in [2.24, 2.45) is 0 Å². The zero-order valence-corrected chi connectivity index (χ0v) is 19.9. The number of hydrogen-bond donors (Lipinski definition) is 0. The highest BCUT2D eigenvalue weighted by molar-refractivity contribution is 9.10. The first-order valence-corrected chi connectivity index (χ1v) is 12.5. The van der Waals surface area contributed by atoms with E-state index in [4.69, 9.17) is 4.42 Å². The summed E-state index contributed by atoms with van der Waals surface area (Å²) >= 11 is 5.38. The molecule has 0 N–H and O–H groups in total. The average molecular weight is 505 g/mol. The Bertz CT molecular complexity index is 1820. The summed E-state index contributed by atoms with van der Waals surface area (Å²) in [4.78, 5) is 0. The van der Waals surface area contributed by atoms with Crippen molar-refractivity contribution in [1.29, 1.82) is 0 Å². The molecule has 1 nitrogen and oxygen atoms in total. The number of fused-ring (bicyclic) bond motifs is 6. The van der Waals surface area contributed by atoms with Crippen LogP contribution in [0.1, 0.15) is 0 Å². The van der Waals surface area contributed by atoms with E-state index in [1.807, 2.05) is 11.3 Å². The Morgan fingerprint density at radius 2 is 1.12 bits per heavy atom. The fourth-order valence-corrected chi connectivity index (χ4v) is 6.15. The van der Waals surface area contributed by atoms with Crippen LogP contribution >= 0.6 is 27.3 Å². The molecule has 7 rings (SSSR count). The van der Waals surface area contributed by atoms with Crippen LogP contribution in [0.15, 0.2) is 112 Å². The van der Waals surface area contributed by atoms with Gasteiger partial charge >= 0.3 is 0 Å². The van der Waals surface area contributed by atoms with Crippen molar-refractivity contribution in [1.82, 2.24) is 0 Å². The van der Waals surface area contributed by atoms with Crippen LogP contribution < -0.4 is 0 Å². The molecule has 0 atom stereocenters. The van der Waals surface area contributed by atoms with Crippen LogP contribution in [0.25, 0.3) is 64.4 Å². The van der Waals surface area contributed by atoms with Crippen molar-refractivity contribution in [2.75, 3.05) is 0 Å². The molecule has 0 aliphatic carbocycles. The van der Waals surface area contributed by atoms with Gasteiger partial charge in [-0.05, 0) is 41.5 Å². The number of hydrogen-bond acceptors (Lipinski definition) is 2. The lowest BCUT2D eigenvalue weighted by atomic mass is 9.99. The lowest BCUT2D eigenvalue weighted by Crippen LogP contribution is -1.79. The summed E-state index contributed by atoms with van der Waals surface area (Å²) in [6.45, 7) is 0. The second-order valence-electron chi connectivity index (χ2n) is 8.28. The Morgan fingerprint density at radius 3 is 1.88 bits per heavy atom. The summed E-state index contributed by atoms with van der Waals surface area (Å²) in [7, 11) is 0. The predicted molar refractivity (Wildman–Crippen MR) is 145 cm³/mol. The van der Waals surface area contributed by atoms with Crippen molar-refractivity contribution in [3.63, 3.8) is 0 Å². The molecule has 0 fully saturated rings. The quantitative estimate of drug-likeness (QED) is 0.228. The number of furan rings is 1. The van der Waals surface area contributed by atoms with E-state index in [9.17, 15) is 0 Å². The summed E-state index contributed by atoms with van der Waals surface area (Å²) < 4.78 is 10.3. The number of halogens is 1. The van der Waals surface area contributed by atoms with Gasteiger partial charge < -0.3 is 4.42 Å². The molecule has 0 bridgehead atoms. The normalized spacial score (nSPS) is 11.8. The minimum atomic E-state index is 0.935. The fraction of sp³-hybridized carbons (Fsp3) is 0. The average Bonchev–Trinajstić information content (AvgIpc) is 3.42. The first-order valence-electron chi connectivity index (χ1n) is 10.9. The van der Waals surface area contributed by atoms with Crippen LogP contribution in [0.2, 0.25) is 0 Å². The van der Waals surface area contributed by atoms with Crippen LogP contribution in [0.3, 0.4) is 0 Å². The van der Waals surface area contributed by atoms with Crippen LogP contribution in [0, 0.1) is 0 Å². The molecule has 0 saturated carbocycles. The molecule has 0 amide bonds. The van der Waals surface area contributed by atoms with Gasteiger partial charge in [0.25, 0.3) is 0 Å². The third-order valence-corrected chi connectivity index (χ3v) is 8.05. The molecule has 7 aromatic rings. The van der Waals surface area contributed by atoms with Crippen molar-refractivity contribution in [2.45, 2.75) is 0 Å². The molecule has 2 aromatic heterocycles. The lowest BCUT2D eigenvalue weighted by Gasteiger charge is -2.04. The third-order valence-electron chi connectivity index (χ3n) is 6.37. The molecule has 33 heavy (non-hydrogen) atoms. The Balaban J connectivity index is 1.49. The van der Waals surface area contributed by atoms with Crippen LogP contribution in [-0.2, 0) is 0 Å². The number of rotatable bonds is 2. The van der Waals surface area contributed by atoms with Crippen LogP contribution in [-0.4, -0.2) is 0 Å². The summed E-state index contributed by atoms with van der Waals surface area (Å²) in [6, 6.07) is 36.7. The van der Waals surface area contributed by atoms with Gasteiger partial charge in [0.2, 0.25) is 0 Å². The molecule has 0 aliphatic rings. The summed E-state index contributed by atoms with van der Waals surface area (Å²) in [5, 5.41) is 4.91. The lowest BCUT2D eigenvalue weighted by molar-refractivity contribution is 0.671. The molecule has 2 heterocycles. The van der Waals surface area contributed by atoms with E-state index in [1.54, 1.807) is 0 Å². The van der Waals surface area contributed by atoms with Crippen molar-refractivity contribution >= 4 is 69.4 Å². The Morgan fingerprint density at radius 1 is 0.515 bits per heavy atom. The first kappa shape index (κ1) is 19.1. The van der Waals surface area contributed by atoms with Gasteiger partial charge in [0.05, 0.1) is 0 Å². The Hall–Kier alpha value is -3.40. The smallest absolute Gasteiger partial charge is 0.143 e. The van der Waals surface area contributed by atoms with E-state index < -0.39 is 0 Å². The van der Waals surface area contributed by atoms with E-state index in [0.29, 0.717) is 0 Å². The minimum Gasteiger partial charge on any atom is -0.455 e. The second kappa shape index (κ2) is 7.31. The maximum absolute atomic E-state index is 6.63. The highest BCUT2D eigenvalue weighted by atomic mass is 79.9. The van der Waals surface area contributed by atoms with Gasteiger partial charge in [-0.1, -0.05) is 88.7 Å². The van der Waals surface area contributed by atoms with Crippen molar-refractivity contribution in [3.05, 3.63) is 108 Å². The topological polar surface area (TPSA) is 13.1 Å². The molecule has 156 valence electrons. The monoisotopic (exact) mass is 504 g/mol. The number of benzene rings is 5. The first-order chi connectivity index (χ1) is 16.3. The van der Waals surface area contributed by atoms with E-state index >= 15 is 0 Å². The maximum Gasteiger partial charge on any atom is 0.143 e. The highest BCUT2D eigenvalue weighted by Crippen LogP contribution is 2.42. The predicted octanol–water partition coefficient (Wildman–Crippen LogP) is 10.1. The van der Waals surface area contributed by atoms with Gasteiger partial charge in [-0.3, -0.25) is 0 Å². The fourth-order valence-electron chi connectivity index (χ4n) is 4.80. The summed E-state index contributed by atoms with van der Waals surface area (Å²) in [5.74, 6) is 0. The molecule has 5 aromatic carbocycles. The van der Waals surface area contributed by atoms with Crippen LogP contribution in [0.4, 0.5) is 0 Å². The molecule has 3 heteroatoms. The van der Waals surface area contributed by atoms with E-state index in [1.165, 1.54) is 25.7 Å². The molecule has 0 unspecified atom stereocenters. The van der Waals surface area contributed by atoms with Crippen molar-refractivity contribution < 1.29 is 4.42 Å². The van der Waals surface area contributed by atoms with E-state index in [2.05, 4.69) is 119 Å². The highest BCUT2D eigenvalue weighted by Gasteiger charge is 2.16. The maximum atomic E-state index is 6.63. The molecular weight excluding hydrogens is 488 g/mol. The van der Waals surface area contributed by atoms with Crippen molar-refractivity contribution in [3.8, 4) is 22.3 Å². The third kappa shape index (κ3) is 2.97. The molecular formula is C30H17BrOS. The van der Waals surface area contributed by atoms with Gasteiger partial charge in [-0.2, -0.15) is 0 Å². The molecule has 0 radical (unpaired) electrons. The summed E-state index contributed by atoms with van der Waals surface area (Å²) in [5.41, 5.74) is 6.45. The van der Waals surface area contributed by atoms with E-state index in [0.717, 1.165) is 43.1 Å². The largest absolute Gasteiger partial charge is 0.455 e. The van der Waals surface area contributed by atoms with Gasteiger partial charge in [-0.25, -0.2) is 0 Å². The molecule has 0 spiro atoms. The van der Waals surface area contributed by atoms with Gasteiger partial charge in [0.15, 0.2) is 0 Å². The summed E-state index contributed by atoms with van der Waals surface area (Å²) in [6.07, 6.45) is 0. The minimum absolute atomic E-state index is 0.935. The van der Waals surface area contributed by atoms with Gasteiger partial charge in [0.1, 0.15) is 11.2 Å². The van der Waals surface area contributed by atoms with E-state index in [-0.39, 0.29) is 0 Å². The molecule has 0 aliphatic heterocycles. The zero-order valence-electron chi connectivity index (χ0n) is 17.5. The number of thiophene rings is 1. The number of para-hydroxylation sites is 2. The standard InChI is InChI=1S/C30H17BrOS/c31-20-14-11-18(12-15-20)21-6-3-8-24-25-9-4-7-22(30(25)32-29(21)24)19-13-16-28-26(17-19)23-5-1-2-10-27(23)33-28/h1-17H. The SMILES string of the molecule is Brc1ccc(-c2cccc3c2oc2c(-c4ccc5sc6ccccc6c5c4)cccc23)cc1. The van der Waals surface area contributed by atoms with Gasteiger partial charge in [-0.15, -0.1) is 11.3 Å². The zero-order chi connectivity index (χ0) is 21.9. The Kier molecular flexibility index (Phi) is 4.23. The second-order valence-corrected chi connectivity index (χ2v) is 10.3. The molecule has 0 saturated heterocycles. The van der Waals surface area contributed by atoms with Crippen LogP contribution in [0.5, 0.6) is 0 Å².